The van der Waals surface area contributed by atoms with Crippen LogP contribution in [0.5, 0.6) is 0 Å². The van der Waals surface area contributed by atoms with E-state index < -0.39 is 0 Å². The van der Waals surface area contributed by atoms with Crippen LogP contribution in [0.2, 0.25) is 0 Å². The number of hydrogen-bond acceptors (Lipinski definition) is 3. The van der Waals surface area contributed by atoms with Gasteiger partial charge in [0, 0.05) is 13.2 Å². The molecule has 0 saturated carbocycles. The Morgan fingerprint density at radius 2 is 2.35 bits per heavy atom. The number of carbonyl (C=O) groups is 1. The normalized spacial score (nSPS) is 12.4. The fourth-order valence-electron chi connectivity index (χ4n) is 1.64. The SMILES string of the molecule is CCc1ccsc1C(=O)NCCCC(C)CO. The highest BCUT2D eigenvalue weighted by atomic mass is 32.1. The van der Waals surface area contributed by atoms with Gasteiger partial charge in [-0.3, -0.25) is 4.79 Å². The second-order valence-electron chi connectivity index (χ2n) is 4.31. The number of aliphatic hydroxyl groups is 1. The van der Waals surface area contributed by atoms with Gasteiger partial charge in [0.2, 0.25) is 0 Å². The molecule has 0 aliphatic carbocycles. The van der Waals surface area contributed by atoms with Crippen LogP contribution < -0.4 is 5.32 Å². The zero-order valence-electron chi connectivity index (χ0n) is 10.5. The number of aliphatic hydroxyl groups excluding tert-OH is 1. The summed E-state index contributed by atoms with van der Waals surface area (Å²) in [6.07, 6.45) is 2.76. The van der Waals surface area contributed by atoms with Crippen molar-refractivity contribution in [2.75, 3.05) is 13.2 Å². The van der Waals surface area contributed by atoms with E-state index in [0.717, 1.165) is 29.7 Å². The molecule has 0 aliphatic rings. The number of rotatable bonds is 7. The first-order valence-corrected chi connectivity index (χ1v) is 7.02. The molecule has 1 heterocycles. The molecule has 1 aromatic heterocycles. The van der Waals surface area contributed by atoms with Crippen molar-refractivity contribution in [3.63, 3.8) is 0 Å². The smallest absolute Gasteiger partial charge is 0.261 e. The maximum absolute atomic E-state index is 11.8. The molecule has 17 heavy (non-hydrogen) atoms. The summed E-state index contributed by atoms with van der Waals surface area (Å²) in [6.45, 7) is 4.97. The molecule has 0 aromatic carbocycles. The Labute approximate surface area is 107 Å². The fourth-order valence-corrected chi connectivity index (χ4v) is 2.55. The van der Waals surface area contributed by atoms with Gasteiger partial charge in [0.05, 0.1) is 4.88 Å². The van der Waals surface area contributed by atoms with Gasteiger partial charge in [-0.1, -0.05) is 13.8 Å². The van der Waals surface area contributed by atoms with Crippen LogP contribution >= 0.6 is 11.3 Å². The Morgan fingerprint density at radius 1 is 1.59 bits per heavy atom. The lowest BCUT2D eigenvalue weighted by atomic mass is 10.1. The standard InChI is InChI=1S/C13H21NO2S/c1-3-11-6-8-17-12(11)13(16)14-7-4-5-10(2)9-15/h6,8,10,15H,3-5,7,9H2,1-2H3,(H,14,16). The van der Waals surface area contributed by atoms with Crippen LogP contribution in [0, 0.1) is 5.92 Å². The summed E-state index contributed by atoms with van der Waals surface area (Å²) in [5.74, 6) is 0.355. The van der Waals surface area contributed by atoms with E-state index in [9.17, 15) is 4.79 Å². The van der Waals surface area contributed by atoms with E-state index in [1.807, 2.05) is 18.4 Å². The predicted molar refractivity (Wildman–Crippen MR) is 71.5 cm³/mol. The Bertz CT molecular complexity index is 349. The first-order chi connectivity index (χ1) is 8.19. The van der Waals surface area contributed by atoms with E-state index in [-0.39, 0.29) is 12.5 Å². The largest absolute Gasteiger partial charge is 0.396 e. The van der Waals surface area contributed by atoms with E-state index >= 15 is 0 Å². The van der Waals surface area contributed by atoms with Gasteiger partial charge in [-0.05, 0) is 42.2 Å². The number of amides is 1. The number of carbonyl (C=O) groups excluding carboxylic acids is 1. The zero-order chi connectivity index (χ0) is 12.7. The summed E-state index contributed by atoms with van der Waals surface area (Å²) in [5.41, 5.74) is 1.12. The van der Waals surface area contributed by atoms with Crippen LogP contribution in [0.1, 0.15) is 41.9 Å². The van der Waals surface area contributed by atoms with Crippen LogP contribution in [0.3, 0.4) is 0 Å². The number of nitrogens with one attached hydrogen (secondary N) is 1. The Hall–Kier alpha value is -0.870. The minimum Gasteiger partial charge on any atom is -0.396 e. The highest BCUT2D eigenvalue weighted by Crippen LogP contribution is 2.17. The molecule has 1 rings (SSSR count). The van der Waals surface area contributed by atoms with Crippen LogP contribution in [0.4, 0.5) is 0 Å². The monoisotopic (exact) mass is 255 g/mol. The molecule has 96 valence electrons. The lowest BCUT2D eigenvalue weighted by molar-refractivity contribution is 0.0955. The topological polar surface area (TPSA) is 49.3 Å². The second kappa shape index (κ2) is 7.45. The van der Waals surface area contributed by atoms with Crippen molar-refractivity contribution in [3.8, 4) is 0 Å². The molecule has 1 amide bonds. The van der Waals surface area contributed by atoms with Gasteiger partial charge in [-0.2, -0.15) is 0 Å². The summed E-state index contributed by atoms with van der Waals surface area (Å²) in [6, 6.07) is 2.01. The van der Waals surface area contributed by atoms with Gasteiger partial charge in [-0.25, -0.2) is 0 Å². The summed E-state index contributed by atoms with van der Waals surface area (Å²) in [7, 11) is 0. The van der Waals surface area contributed by atoms with E-state index in [2.05, 4.69) is 12.2 Å². The van der Waals surface area contributed by atoms with E-state index in [1.54, 1.807) is 0 Å². The van der Waals surface area contributed by atoms with Crippen LogP contribution in [-0.4, -0.2) is 24.2 Å². The van der Waals surface area contributed by atoms with Crippen molar-refractivity contribution in [2.45, 2.75) is 33.1 Å². The number of aryl methyl sites for hydroxylation is 1. The number of thiophene rings is 1. The lowest BCUT2D eigenvalue weighted by Crippen LogP contribution is -2.24. The van der Waals surface area contributed by atoms with E-state index in [4.69, 9.17) is 5.11 Å². The van der Waals surface area contributed by atoms with Gasteiger partial charge in [-0.15, -0.1) is 11.3 Å². The van der Waals surface area contributed by atoms with Crippen LogP contribution in [0.25, 0.3) is 0 Å². The molecule has 1 unspecified atom stereocenters. The molecule has 0 fully saturated rings. The molecule has 0 saturated heterocycles. The minimum atomic E-state index is 0.0356. The van der Waals surface area contributed by atoms with Gasteiger partial charge >= 0.3 is 0 Å². The molecular formula is C13H21NO2S. The third kappa shape index (κ3) is 4.48. The average Bonchev–Trinajstić information content (AvgIpc) is 2.82. The quantitative estimate of drug-likeness (QED) is 0.735. The molecule has 0 spiro atoms. The Kier molecular flexibility index (Phi) is 6.22. The van der Waals surface area contributed by atoms with Gasteiger partial charge in [0.1, 0.15) is 0 Å². The average molecular weight is 255 g/mol. The van der Waals surface area contributed by atoms with Crippen molar-refractivity contribution in [2.24, 2.45) is 5.92 Å². The molecule has 1 atom stereocenters. The molecule has 1 aromatic rings. The third-order valence-corrected chi connectivity index (χ3v) is 3.76. The maximum atomic E-state index is 11.8. The van der Waals surface area contributed by atoms with Crippen LogP contribution in [-0.2, 0) is 6.42 Å². The second-order valence-corrected chi connectivity index (χ2v) is 5.23. The van der Waals surface area contributed by atoms with Crippen molar-refractivity contribution >= 4 is 17.2 Å². The van der Waals surface area contributed by atoms with Gasteiger partial charge in [0.15, 0.2) is 0 Å². The molecule has 3 nitrogen and oxygen atoms in total. The van der Waals surface area contributed by atoms with Gasteiger partial charge in [0.25, 0.3) is 5.91 Å². The van der Waals surface area contributed by atoms with Crippen molar-refractivity contribution in [1.82, 2.24) is 5.32 Å². The fraction of sp³-hybridized carbons (Fsp3) is 0.615. The van der Waals surface area contributed by atoms with E-state index in [0.29, 0.717) is 12.5 Å². The highest BCUT2D eigenvalue weighted by Gasteiger charge is 2.11. The molecular weight excluding hydrogens is 234 g/mol. The summed E-state index contributed by atoms with van der Waals surface area (Å²) in [5, 5.41) is 13.8. The molecule has 4 heteroatoms. The van der Waals surface area contributed by atoms with E-state index in [1.165, 1.54) is 11.3 Å². The maximum Gasteiger partial charge on any atom is 0.261 e. The molecule has 0 radical (unpaired) electrons. The minimum absolute atomic E-state index is 0.0356. The lowest BCUT2D eigenvalue weighted by Gasteiger charge is -2.08. The highest BCUT2D eigenvalue weighted by molar-refractivity contribution is 7.12. The predicted octanol–water partition coefficient (Wildman–Crippen LogP) is 2.45. The third-order valence-electron chi connectivity index (χ3n) is 2.80. The first kappa shape index (κ1) is 14.2. The van der Waals surface area contributed by atoms with Crippen molar-refractivity contribution in [3.05, 3.63) is 21.9 Å². The Balaban J connectivity index is 2.30. The van der Waals surface area contributed by atoms with Crippen molar-refractivity contribution < 1.29 is 9.90 Å². The Morgan fingerprint density at radius 3 is 3.00 bits per heavy atom. The van der Waals surface area contributed by atoms with Crippen LogP contribution in [0.15, 0.2) is 11.4 Å². The molecule has 0 bridgehead atoms. The molecule has 0 aliphatic heterocycles. The zero-order valence-corrected chi connectivity index (χ0v) is 11.3. The summed E-state index contributed by atoms with van der Waals surface area (Å²) in [4.78, 5) is 12.7. The summed E-state index contributed by atoms with van der Waals surface area (Å²) >= 11 is 1.50. The summed E-state index contributed by atoms with van der Waals surface area (Å²) < 4.78 is 0. The first-order valence-electron chi connectivity index (χ1n) is 6.14. The van der Waals surface area contributed by atoms with Gasteiger partial charge < -0.3 is 10.4 Å². The number of hydrogen-bond donors (Lipinski definition) is 2. The van der Waals surface area contributed by atoms with Crippen molar-refractivity contribution in [1.29, 1.82) is 0 Å². The molecule has 2 N–H and O–H groups in total.